The first-order chi connectivity index (χ1) is 15.1. The quantitative estimate of drug-likeness (QED) is 0.337. The van der Waals surface area contributed by atoms with Gasteiger partial charge in [0.2, 0.25) is 0 Å². The maximum atomic E-state index is 12.5. The molecule has 7 nitrogen and oxygen atoms in total. The molecule has 0 saturated heterocycles. The van der Waals surface area contributed by atoms with Gasteiger partial charge in [-0.15, -0.1) is 0 Å². The molecule has 7 N–H and O–H groups in total. The topological polar surface area (TPSA) is 144 Å². The zero-order valence-electron chi connectivity index (χ0n) is 19.5. The van der Waals surface area contributed by atoms with Crippen molar-refractivity contribution in [3.8, 4) is 0 Å². The van der Waals surface area contributed by atoms with E-state index in [4.69, 9.17) is 30.1 Å². The minimum atomic E-state index is -4.64. The van der Waals surface area contributed by atoms with Gasteiger partial charge >= 0.3 is 14.0 Å². The van der Waals surface area contributed by atoms with Gasteiger partial charge in [0, 0.05) is 13.2 Å². The van der Waals surface area contributed by atoms with E-state index >= 15 is 0 Å². The summed E-state index contributed by atoms with van der Waals surface area (Å²) in [5.74, 6) is 0. The summed E-state index contributed by atoms with van der Waals surface area (Å²) < 4.78 is 46.3. The SMILES string of the molecule is CC(N)CCC1=CCC(O)C(C(F)(F)F)=C1.CCCc1ccc(C)cc1.CO.O=P(O)(O)O. The van der Waals surface area contributed by atoms with Gasteiger partial charge in [-0.05, 0) is 51.2 Å². The second-order valence-corrected chi connectivity index (χ2v) is 8.42. The number of alkyl halides is 3. The molecule has 11 heteroatoms. The average molecular weight is 500 g/mol. The highest BCUT2D eigenvalue weighted by Gasteiger charge is 2.38. The van der Waals surface area contributed by atoms with Crippen molar-refractivity contribution in [1.82, 2.24) is 0 Å². The van der Waals surface area contributed by atoms with Crippen LogP contribution in [0, 0.1) is 6.92 Å². The van der Waals surface area contributed by atoms with Gasteiger partial charge in [-0.1, -0.05) is 54.8 Å². The molecular weight excluding hydrogens is 462 g/mol. The number of benzene rings is 1. The highest BCUT2D eigenvalue weighted by molar-refractivity contribution is 7.45. The van der Waals surface area contributed by atoms with Crippen LogP contribution in [0.25, 0.3) is 0 Å². The lowest BCUT2D eigenvalue weighted by Crippen LogP contribution is -2.26. The normalized spacial score (nSPS) is 16.5. The highest BCUT2D eigenvalue weighted by Crippen LogP contribution is 2.34. The lowest BCUT2D eigenvalue weighted by atomic mass is 9.93. The molecule has 0 amide bonds. The van der Waals surface area contributed by atoms with E-state index < -0.39 is 25.7 Å². The van der Waals surface area contributed by atoms with Crippen LogP contribution in [0.15, 0.2) is 47.6 Å². The predicted octanol–water partition coefficient (Wildman–Crippen LogP) is 3.92. The van der Waals surface area contributed by atoms with E-state index in [0.29, 0.717) is 18.4 Å². The number of phosphoric acid groups is 1. The molecule has 0 fully saturated rings. The fourth-order valence-corrected chi connectivity index (χ4v) is 2.63. The van der Waals surface area contributed by atoms with Gasteiger partial charge in [0.15, 0.2) is 0 Å². The summed E-state index contributed by atoms with van der Waals surface area (Å²) in [5, 5.41) is 16.2. The molecule has 0 heterocycles. The Bertz CT molecular complexity index is 750. The Morgan fingerprint density at radius 3 is 2.00 bits per heavy atom. The van der Waals surface area contributed by atoms with Crippen molar-refractivity contribution >= 4 is 7.82 Å². The van der Waals surface area contributed by atoms with Crippen LogP contribution in [-0.2, 0) is 11.0 Å². The molecule has 2 rings (SSSR count). The molecule has 1 aliphatic rings. The lowest BCUT2D eigenvalue weighted by molar-refractivity contribution is -0.105. The lowest BCUT2D eigenvalue weighted by Gasteiger charge is -2.21. The fraction of sp³-hybridized carbons (Fsp3) is 0.545. The number of allylic oxidation sites excluding steroid dienone is 2. The van der Waals surface area contributed by atoms with Crippen LogP contribution in [-0.4, -0.2) is 50.3 Å². The van der Waals surface area contributed by atoms with Crippen LogP contribution in [0.4, 0.5) is 13.2 Å². The predicted molar refractivity (Wildman–Crippen MR) is 123 cm³/mol. The van der Waals surface area contributed by atoms with Gasteiger partial charge in [-0.25, -0.2) is 4.57 Å². The fourth-order valence-electron chi connectivity index (χ4n) is 2.63. The Labute approximate surface area is 193 Å². The maximum absolute atomic E-state index is 12.5. The van der Waals surface area contributed by atoms with Gasteiger partial charge in [-0.3, -0.25) is 0 Å². The van der Waals surface area contributed by atoms with E-state index in [9.17, 15) is 18.3 Å². The Morgan fingerprint density at radius 2 is 1.61 bits per heavy atom. The number of hydrogen-bond acceptors (Lipinski definition) is 4. The van der Waals surface area contributed by atoms with E-state index in [-0.39, 0.29) is 12.5 Å². The van der Waals surface area contributed by atoms with Crippen molar-refractivity contribution in [3.63, 3.8) is 0 Å². The van der Waals surface area contributed by atoms with Crippen LogP contribution in [0.3, 0.4) is 0 Å². The molecule has 1 aliphatic carbocycles. The Hall–Kier alpha value is -1.52. The van der Waals surface area contributed by atoms with Gasteiger partial charge in [0.25, 0.3) is 0 Å². The minimum Gasteiger partial charge on any atom is -0.400 e. The average Bonchev–Trinajstić information content (AvgIpc) is 2.69. The van der Waals surface area contributed by atoms with Crippen LogP contribution in [0.1, 0.15) is 50.7 Å². The van der Waals surface area contributed by atoms with Crippen LogP contribution < -0.4 is 5.73 Å². The Morgan fingerprint density at radius 1 is 1.12 bits per heavy atom. The summed E-state index contributed by atoms with van der Waals surface area (Å²) in [5.41, 5.74) is 8.09. The monoisotopic (exact) mass is 499 g/mol. The molecule has 1 aromatic carbocycles. The molecule has 0 bridgehead atoms. The third kappa shape index (κ3) is 19.6. The van der Waals surface area contributed by atoms with Crippen LogP contribution >= 0.6 is 7.82 Å². The maximum Gasteiger partial charge on any atom is 0.466 e. The number of hydrogen-bond donors (Lipinski definition) is 6. The summed E-state index contributed by atoms with van der Waals surface area (Å²) >= 11 is 0. The van der Waals surface area contributed by atoms with Crippen molar-refractivity contribution in [3.05, 3.63) is 58.7 Å². The van der Waals surface area contributed by atoms with E-state index in [1.807, 2.05) is 6.92 Å². The van der Waals surface area contributed by atoms with Crippen LogP contribution in [0.2, 0.25) is 0 Å². The summed E-state index contributed by atoms with van der Waals surface area (Å²) in [4.78, 5) is 21.6. The third-order valence-electron chi connectivity index (χ3n) is 4.18. The third-order valence-corrected chi connectivity index (χ3v) is 4.18. The largest absolute Gasteiger partial charge is 0.466 e. The molecular formula is C22H37F3NO6P. The summed E-state index contributed by atoms with van der Waals surface area (Å²) in [6.45, 7) is 6.14. The molecule has 33 heavy (non-hydrogen) atoms. The number of halogens is 3. The van der Waals surface area contributed by atoms with Gasteiger partial charge in [0.05, 0.1) is 11.7 Å². The standard InChI is InChI=1S/C11H16F3NO.C10H14.CH4O.H3O4P/c1-7(15)2-3-8-4-5-10(16)9(6-8)11(12,13)14;1-3-4-10-7-5-9(2)6-8-10;1-2;1-5(2,3)4/h4,6-7,10,16H,2-3,5,15H2,1H3;5-8H,3-4H2,1-2H3;2H,1H3;(H3,1,2,3,4). The summed E-state index contributed by atoms with van der Waals surface area (Å²) in [6.07, 6.45) is 0.432. The zero-order chi connectivity index (χ0) is 26.2. The summed E-state index contributed by atoms with van der Waals surface area (Å²) in [7, 11) is -3.64. The second-order valence-electron chi connectivity index (χ2n) is 7.39. The van der Waals surface area contributed by atoms with Crippen molar-refractivity contribution in [1.29, 1.82) is 0 Å². The molecule has 2 atom stereocenters. The number of aliphatic hydroxyl groups is 2. The molecule has 0 radical (unpaired) electrons. The number of nitrogens with two attached hydrogens (primary N) is 1. The molecule has 192 valence electrons. The van der Waals surface area contributed by atoms with E-state index in [2.05, 4.69) is 38.1 Å². The van der Waals surface area contributed by atoms with Crippen molar-refractivity contribution in [2.75, 3.05) is 7.11 Å². The van der Waals surface area contributed by atoms with Crippen molar-refractivity contribution in [2.24, 2.45) is 5.73 Å². The molecule has 0 saturated carbocycles. The van der Waals surface area contributed by atoms with Gasteiger partial charge < -0.3 is 30.6 Å². The zero-order valence-corrected chi connectivity index (χ0v) is 20.4. The van der Waals surface area contributed by atoms with Crippen molar-refractivity contribution in [2.45, 2.75) is 71.2 Å². The molecule has 0 spiro atoms. The second kappa shape index (κ2) is 17.0. The minimum absolute atomic E-state index is 0.0274. The van der Waals surface area contributed by atoms with Gasteiger partial charge in [-0.2, -0.15) is 13.2 Å². The first-order valence-corrected chi connectivity index (χ1v) is 11.9. The first kappa shape index (κ1) is 33.7. The molecule has 1 aromatic rings. The van der Waals surface area contributed by atoms with Crippen LogP contribution in [0.5, 0.6) is 0 Å². The Balaban J connectivity index is 0. The van der Waals surface area contributed by atoms with E-state index in [1.54, 1.807) is 6.08 Å². The molecule has 0 aliphatic heterocycles. The molecule has 0 aromatic heterocycles. The van der Waals surface area contributed by atoms with Crippen molar-refractivity contribution < 1.29 is 42.6 Å². The number of rotatable bonds is 5. The summed E-state index contributed by atoms with van der Waals surface area (Å²) in [6, 6.07) is 8.73. The smallest absolute Gasteiger partial charge is 0.400 e. The highest BCUT2D eigenvalue weighted by atomic mass is 31.2. The van der Waals surface area contributed by atoms with E-state index in [0.717, 1.165) is 13.2 Å². The molecule has 2 unspecified atom stereocenters. The Kier molecular flexibility index (Phi) is 17.3. The van der Waals surface area contributed by atoms with Gasteiger partial charge in [0.1, 0.15) is 0 Å². The number of aliphatic hydroxyl groups excluding tert-OH is 2. The first-order valence-electron chi connectivity index (χ1n) is 10.3. The number of aryl methyl sites for hydroxylation is 2. The van der Waals surface area contributed by atoms with E-state index in [1.165, 1.54) is 24.0 Å².